The van der Waals surface area contributed by atoms with Crippen molar-refractivity contribution in [1.82, 2.24) is 0 Å². The van der Waals surface area contributed by atoms with Crippen molar-refractivity contribution in [3.8, 4) is 11.8 Å². The maximum absolute atomic E-state index is 12.8. The minimum Gasteiger partial charge on any atom is -0.445 e. The number of rotatable bonds is 5. The predicted molar refractivity (Wildman–Crippen MR) is 90.3 cm³/mol. The molecule has 0 radical (unpaired) electrons. The van der Waals surface area contributed by atoms with Crippen molar-refractivity contribution in [3.05, 3.63) is 0 Å². The van der Waals surface area contributed by atoms with Gasteiger partial charge < -0.3 is 4.74 Å². The quantitative estimate of drug-likeness (QED) is 0.521. The highest BCUT2D eigenvalue weighted by molar-refractivity contribution is 5.76. The van der Waals surface area contributed by atoms with Gasteiger partial charge in [0.15, 0.2) is 5.60 Å². The van der Waals surface area contributed by atoms with Gasteiger partial charge in [-0.15, -0.1) is 5.92 Å². The Morgan fingerprint density at radius 1 is 1.05 bits per heavy atom. The van der Waals surface area contributed by atoms with Gasteiger partial charge in [0.05, 0.1) is 5.41 Å². The molecule has 2 saturated carbocycles. The molecule has 0 bridgehead atoms. The second-order valence-electron chi connectivity index (χ2n) is 7.76. The van der Waals surface area contributed by atoms with Crippen LogP contribution in [0.15, 0.2) is 0 Å². The molecular formula is C20H32O2. The van der Waals surface area contributed by atoms with E-state index in [1.165, 1.54) is 25.7 Å². The number of hydrogen-bond donors (Lipinski definition) is 0. The zero-order valence-corrected chi connectivity index (χ0v) is 14.8. The fourth-order valence-electron chi connectivity index (χ4n) is 4.07. The lowest BCUT2D eigenvalue weighted by atomic mass is 9.74. The van der Waals surface area contributed by atoms with E-state index in [9.17, 15) is 4.79 Å². The van der Waals surface area contributed by atoms with Crippen molar-refractivity contribution in [1.29, 1.82) is 0 Å². The second-order valence-corrected chi connectivity index (χ2v) is 7.76. The van der Waals surface area contributed by atoms with Gasteiger partial charge in [0.2, 0.25) is 0 Å². The Balaban J connectivity index is 2.33. The molecule has 2 rings (SSSR count). The summed E-state index contributed by atoms with van der Waals surface area (Å²) in [5.74, 6) is 7.33. The first kappa shape index (κ1) is 17.4. The highest BCUT2D eigenvalue weighted by Crippen LogP contribution is 2.47. The van der Waals surface area contributed by atoms with E-state index in [1.54, 1.807) is 0 Å². The third-order valence-corrected chi connectivity index (χ3v) is 5.94. The molecule has 0 spiro atoms. The van der Waals surface area contributed by atoms with Crippen molar-refractivity contribution in [3.63, 3.8) is 0 Å². The minimum absolute atomic E-state index is 0.0588. The van der Waals surface area contributed by atoms with E-state index in [4.69, 9.17) is 4.74 Å². The van der Waals surface area contributed by atoms with E-state index >= 15 is 0 Å². The highest BCUT2D eigenvalue weighted by atomic mass is 16.6. The van der Waals surface area contributed by atoms with Crippen LogP contribution in [-0.4, -0.2) is 11.6 Å². The summed E-state index contributed by atoms with van der Waals surface area (Å²) in [5.41, 5.74) is -0.941. The van der Waals surface area contributed by atoms with Gasteiger partial charge in [0.25, 0.3) is 0 Å². The third-order valence-electron chi connectivity index (χ3n) is 5.94. The van der Waals surface area contributed by atoms with Crippen LogP contribution in [0.4, 0.5) is 0 Å². The van der Waals surface area contributed by atoms with Crippen molar-refractivity contribution in [2.75, 3.05) is 0 Å². The summed E-state index contributed by atoms with van der Waals surface area (Å²) in [6.07, 6.45) is 10.4. The predicted octanol–water partition coefficient (Wildman–Crippen LogP) is 5.11. The summed E-state index contributed by atoms with van der Waals surface area (Å²) < 4.78 is 6.29. The van der Waals surface area contributed by atoms with Crippen LogP contribution in [0.3, 0.4) is 0 Å². The van der Waals surface area contributed by atoms with Crippen LogP contribution in [-0.2, 0) is 9.53 Å². The fourth-order valence-corrected chi connectivity index (χ4v) is 4.07. The molecule has 22 heavy (non-hydrogen) atoms. The summed E-state index contributed by atoms with van der Waals surface area (Å²) in [6, 6.07) is 0. The molecule has 2 heteroatoms. The first-order chi connectivity index (χ1) is 10.5. The molecule has 0 aromatic rings. The SMILES string of the molecule is CC#CC(OC(=O)C(C)(C)CC)(C1CCCC1)C1CCCC1. The molecule has 0 saturated heterocycles. The number of esters is 1. The van der Waals surface area contributed by atoms with Gasteiger partial charge in [0.1, 0.15) is 0 Å². The van der Waals surface area contributed by atoms with Gasteiger partial charge in [-0.1, -0.05) is 38.5 Å². The van der Waals surface area contributed by atoms with E-state index in [-0.39, 0.29) is 5.97 Å². The van der Waals surface area contributed by atoms with E-state index in [0.717, 1.165) is 32.1 Å². The van der Waals surface area contributed by atoms with Crippen LogP contribution in [0, 0.1) is 29.1 Å². The largest absolute Gasteiger partial charge is 0.445 e. The third kappa shape index (κ3) is 3.34. The van der Waals surface area contributed by atoms with Gasteiger partial charge >= 0.3 is 5.97 Å². The Bertz CT molecular complexity index is 424. The van der Waals surface area contributed by atoms with Crippen LogP contribution in [0.2, 0.25) is 0 Å². The maximum Gasteiger partial charge on any atom is 0.313 e. The van der Waals surface area contributed by atoms with Crippen LogP contribution >= 0.6 is 0 Å². The van der Waals surface area contributed by atoms with Crippen molar-refractivity contribution in [2.24, 2.45) is 17.3 Å². The molecule has 0 unspecified atom stereocenters. The first-order valence-electron chi connectivity index (χ1n) is 9.13. The summed E-state index contributed by atoms with van der Waals surface area (Å²) in [6.45, 7) is 7.92. The van der Waals surface area contributed by atoms with E-state index in [0.29, 0.717) is 11.8 Å². The molecule has 2 aliphatic carbocycles. The normalized spacial score (nSPS) is 20.7. The molecule has 0 amide bonds. The molecular weight excluding hydrogens is 272 g/mol. The summed E-state index contributed by atoms with van der Waals surface area (Å²) in [5, 5.41) is 0. The zero-order valence-electron chi connectivity index (χ0n) is 14.8. The lowest BCUT2D eigenvalue weighted by Crippen LogP contribution is -2.48. The summed E-state index contributed by atoms with van der Waals surface area (Å²) in [4.78, 5) is 12.8. The van der Waals surface area contributed by atoms with Crippen LogP contribution in [0.5, 0.6) is 0 Å². The first-order valence-corrected chi connectivity index (χ1v) is 9.13. The van der Waals surface area contributed by atoms with Gasteiger partial charge in [-0.25, -0.2) is 0 Å². The average Bonchev–Trinajstić information content (AvgIpc) is 3.19. The Morgan fingerprint density at radius 3 is 1.86 bits per heavy atom. The number of ether oxygens (including phenoxy) is 1. The zero-order chi connectivity index (χ0) is 16.2. The van der Waals surface area contributed by atoms with Crippen LogP contribution < -0.4 is 0 Å². The van der Waals surface area contributed by atoms with Crippen molar-refractivity contribution >= 4 is 5.97 Å². The summed E-state index contributed by atoms with van der Waals surface area (Å²) >= 11 is 0. The molecule has 2 fully saturated rings. The highest BCUT2D eigenvalue weighted by Gasteiger charge is 2.50. The van der Waals surface area contributed by atoms with Gasteiger partial charge in [-0.3, -0.25) is 4.79 Å². The van der Waals surface area contributed by atoms with Crippen molar-refractivity contribution in [2.45, 2.75) is 91.1 Å². The Kier molecular flexibility index (Phi) is 5.59. The van der Waals surface area contributed by atoms with E-state index in [2.05, 4.69) is 18.8 Å². The number of hydrogen-bond acceptors (Lipinski definition) is 2. The monoisotopic (exact) mass is 304 g/mol. The van der Waals surface area contributed by atoms with Gasteiger partial charge in [0, 0.05) is 11.8 Å². The molecule has 0 heterocycles. The van der Waals surface area contributed by atoms with Gasteiger partial charge in [-0.2, -0.15) is 0 Å². The molecule has 2 aliphatic rings. The number of carbonyl (C=O) groups excluding carboxylic acids is 1. The topological polar surface area (TPSA) is 26.3 Å². The van der Waals surface area contributed by atoms with Gasteiger partial charge in [-0.05, 0) is 52.9 Å². The molecule has 124 valence electrons. The molecule has 0 atom stereocenters. The fraction of sp³-hybridized carbons (Fsp3) is 0.850. The molecule has 0 aliphatic heterocycles. The van der Waals surface area contributed by atoms with Crippen molar-refractivity contribution < 1.29 is 9.53 Å². The molecule has 0 aromatic heterocycles. The lowest BCUT2D eigenvalue weighted by Gasteiger charge is -2.41. The lowest BCUT2D eigenvalue weighted by molar-refractivity contribution is -0.175. The minimum atomic E-state index is -0.523. The van der Waals surface area contributed by atoms with Crippen LogP contribution in [0.1, 0.15) is 85.5 Å². The Labute approximate surface area is 136 Å². The van der Waals surface area contributed by atoms with Crippen LogP contribution in [0.25, 0.3) is 0 Å². The average molecular weight is 304 g/mol. The molecule has 0 N–H and O–H groups in total. The Morgan fingerprint density at radius 2 is 1.50 bits per heavy atom. The maximum atomic E-state index is 12.8. The van der Waals surface area contributed by atoms with E-state index in [1.807, 2.05) is 20.8 Å². The molecule has 2 nitrogen and oxygen atoms in total. The number of carbonyl (C=O) groups is 1. The smallest absolute Gasteiger partial charge is 0.313 e. The second kappa shape index (κ2) is 7.07. The standard InChI is InChI=1S/C20H32O2/c1-5-15-20(16-11-7-8-12-16,17-13-9-10-14-17)22-18(21)19(3,4)6-2/h16-17H,6-14H2,1-4H3. The van der Waals surface area contributed by atoms with E-state index < -0.39 is 11.0 Å². The molecule has 0 aromatic carbocycles. The Hall–Kier alpha value is -0.970. The summed E-state index contributed by atoms with van der Waals surface area (Å²) in [7, 11) is 0.